The van der Waals surface area contributed by atoms with E-state index in [0.717, 1.165) is 5.56 Å². The van der Waals surface area contributed by atoms with Crippen molar-refractivity contribution in [1.82, 2.24) is 0 Å². The summed E-state index contributed by atoms with van der Waals surface area (Å²) in [5.41, 5.74) is 1.10. The monoisotopic (exact) mass is 328 g/mol. The van der Waals surface area contributed by atoms with Crippen LogP contribution < -0.4 is 74.0 Å². The van der Waals surface area contributed by atoms with E-state index in [-0.39, 0.29) is 81.6 Å². The second kappa shape index (κ2) is 10.3. The molecular formula is C11H15CsO3. The SMILES string of the molecule is COC(C[O-])COCc1ccccc1.[Cs+]. The van der Waals surface area contributed by atoms with E-state index in [2.05, 4.69) is 0 Å². The van der Waals surface area contributed by atoms with Crippen LogP contribution in [-0.4, -0.2) is 26.4 Å². The molecule has 0 aromatic heterocycles. The Kier molecular flexibility index (Phi) is 11.1. The number of methoxy groups -OCH3 is 1. The van der Waals surface area contributed by atoms with Crippen LogP contribution in [0.2, 0.25) is 0 Å². The van der Waals surface area contributed by atoms with Crippen LogP contribution >= 0.6 is 0 Å². The second-order valence-electron chi connectivity index (χ2n) is 3.03. The molecule has 0 aliphatic rings. The number of rotatable bonds is 6. The molecule has 1 atom stereocenters. The van der Waals surface area contributed by atoms with Gasteiger partial charge in [-0.1, -0.05) is 30.3 Å². The molecule has 0 N–H and O–H groups in total. The van der Waals surface area contributed by atoms with Crippen LogP contribution in [0.3, 0.4) is 0 Å². The number of hydrogen-bond donors (Lipinski definition) is 0. The minimum atomic E-state index is -0.335. The molecule has 0 radical (unpaired) electrons. The van der Waals surface area contributed by atoms with Gasteiger partial charge in [0.1, 0.15) is 0 Å². The van der Waals surface area contributed by atoms with Crippen LogP contribution in [-0.2, 0) is 16.1 Å². The zero-order valence-corrected chi connectivity index (χ0v) is 15.6. The van der Waals surface area contributed by atoms with Gasteiger partial charge in [-0.05, 0) is 5.56 Å². The quantitative estimate of drug-likeness (QED) is 0.584. The Balaban J connectivity index is 0.00000196. The van der Waals surface area contributed by atoms with Crippen molar-refractivity contribution in [2.45, 2.75) is 12.7 Å². The van der Waals surface area contributed by atoms with Crippen LogP contribution in [0.4, 0.5) is 0 Å². The maximum Gasteiger partial charge on any atom is 1.00 e. The Morgan fingerprint density at radius 3 is 2.47 bits per heavy atom. The van der Waals surface area contributed by atoms with Crippen molar-refractivity contribution in [3.63, 3.8) is 0 Å². The topological polar surface area (TPSA) is 41.5 Å². The molecule has 0 fully saturated rings. The summed E-state index contributed by atoms with van der Waals surface area (Å²) in [6, 6.07) is 9.84. The van der Waals surface area contributed by atoms with E-state index < -0.39 is 0 Å². The summed E-state index contributed by atoms with van der Waals surface area (Å²) in [6.45, 7) is 0.626. The van der Waals surface area contributed by atoms with Gasteiger partial charge in [-0.15, -0.1) is 6.61 Å². The molecule has 0 amide bonds. The summed E-state index contributed by atoms with van der Waals surface area (Å²) in [6.07, 6.45) is -0.335. The Morgan fingerprint density at radius 2 is 1.93 bits per heavy atom. The summed E-state index contributed by atoms with van der Waals surface area (Å²) in [4.78, 5) is 0. The third kappa shape index (κ3) is 7.15. The molecule has 1 aromatic carbocycles. The first-order valence-corrected chi connectivity index (χ1v) is 4.59. The van der Waals surface area contributed by atoms with Crippen molar-refractivity contribution in [2.75, 3.05) is 20.3 Å². The molecule has 0 aliphatic heterocycles. The second-order valence-corrected chi connectivity index (χ2v) is 3.03. The average Bonchev–Trinajstić information content (AvgIpc) is 2.26. The minimum Gasteiger partial charge on any atom is -0.853 e. The summed E-state index contributed by atoms with van der Waals surface area (Å²) < 4.78 is 10.2. The number of ether oxygens (including phenoxy) is 2. The molecule has 1 aromatic rings. The third-order valence-corrected chi connectivity index (χ3v) is 1.93. The van der Waals surface area contributed by atoms with Crippen LogP contribution in [0.5, 0.6) is 0 Å². The summed E-state index contributed by atoms with van der Waals surface area (Å²) in [5.74, 6) is 0. The van der Waals surface area contributed by atoms with Crippen LogP contribution in [0, 0.1) is 0 Å². The predicted octanol–water partition coefficient (Wildman–Crippen LogP) is -2.42. The molecular weight excluding hydrogens is 313 g/mol. The fourth-order valence-electron chi connectivity index (χ4n) is 1.07. The van der Waals surface area contributed by atoms with Gasteiger partial charge < -0.3 is 14.6 Å². The molecule has 1 unspecified atom stereocenters. The molecule has 0 heterocycles. The third-order valence-electron chi connectivity index (χ3n) is 1.93. The summed E-state index contributed by atoms with van der Waals surface area (Å²) in [7, 11) is 1.52. The van der Waals surface area contributed by atoms with Gasteiger partial charge in [-0.25, -0.2) is 0 Å². The molecule has 78 valence electrons. The fraction of sp³-hybridized carbons (Fsp3) is 0.455. The predicted molar refractivity (Wildman–Crippen MR) is 51.8 cm³/mol. The first-order valence-electron chi connectivity index (χ1n) is 4.59. The van der Waals surface area contributed by atoms with E-state index in [9.17, 15) is 5.11 Å². The molecule has 0 aliphatic carbocycles. The maximum atomic E-state index is 10.5. The molecule has 0 saturated heterocycles. The molecule has 0 bridgehead atoms. The van der Waals surface area contributed by atoms with E-state index in [1.807, 2.05) is 30.3 Å². The Labute approximate surface area is 150 Å². The van der Waals surface area contributed by atoms with Gasteiger partial charge >= 0.3 is 68.9 Å². The normalized spacial score (nSPS) is 11.9. The average molecular weight is 328 g/mol. The van der Waals surface area contributed by atoms with Crippen LogP contribution in [0.1, 0.15) is 5.56 Å². The van der Waals surface area contributed by atoms with E-state index in [0.29, 0.717) is 13.2 Å². The Morgan fingerprint density at radius 1 is 1.27 bits per heavy atom. The standard InChI is InChI=1S/C11H15O3.Cs/c1-13-11(7-12)9-14-8-10-5-3-2-4-6-10;/h2-6,11H,7-9H2,1H3;/q-1;+1. The van der Waals surface area contributed by atoms with Gasteiger partial charge in [0.25, 0.3) is 0 Å². The van der Waals surface area contributed by atoms with E-state index in [1.54, 1.807) is 0 Å². The van der Waals surface area contributed by atoms with Gasteiger partial charge in [-0.3, -0.25) is 0 Å². The van der Waals surface area contributed by atoms with Crippen molar-refractivity contribution in [2.24, 2.45) is 0 Å². The van der Waals surface area contributed by atoms with Crippen molar-refractivity contribution < 1.29 is 83.5 Å². The van der Waals surface area contributed by atoms with Gasteiger partial charge in [0.15, 0.2) is 0 Å². The zero-order valence-electron chi connectivity index (χ0n) is 9.31. The van der Waals surface area contributed by atoms with Gasteiger partial charge in [0.2, 0.25) is 0 Å². The summed E-state index contributed by atoms with van der Waals surface area (Å²) >= 11 is 0. The van der Waals surface area contributed by atoms with E-state index >= 15 is 0 Å². The number of benzene rings is 1. The van der Waals surface area contributed by atoms with Gasteiger partial charge in [-0.2, -0.15) is 0 Å². The van der Waals surface area contributed by atoms with E-state index in [1.165, 1.54) is 7.11 Å². The molecule has 0 spiro atoms. The smallest absolute Gasteiger partial charge is 0.853 e. The van der Waals surface area contributed by atoms with Crippen molar-refractivity contribution in [3.05, 3.63) is 35.9 Å². The Hall–Kier alpha value is 1.15. The molecule has 1 rings (SSSR count). The Bertz CT molecular complexity index is 237. The zero-order chi connectivity index (χ0) is 10.2. The van der Waals surface area contributed by atoms with Crippen LogP contribution in [0.15, 0.2) is 30.3 Å². The van der Waals surface area contributed by atoms with Crippen molar-refractivity contribution >= 4 is 0 Å². The fourth-order valence-corrected chi connectivity index (χ4v) is 1.07. The van der Waals surface area contributed by atoms with Crippen LogP contribution in [0.25, 0.3) is 0 Å². The van der Waals surface area contributed by atoms with Crippen molar-refractivity contribution in [3.8, 4) is 0 Å². The molecule has 0 saturated carbocycles. The minimum absolute atomic E-state index is 0. The first kappa shape index (κ1) is 16.2. The van der Waals surface area contributed by atoms with Gasteiger partial charge in [0.05, 0.1) is 19.3 Å². The first-order chi connectivity index (χ1) is 6.86. The van der Waals surface area contributed by atoms with Crippen molar-refractivity contribution in [1.29, 1.82) is 0 Å². The molecule has 3 nitrogen and oxygen atoms in total. The molecule has 15 heavy (non-hydrogen) atoms. The maximum absolute atomic E-state index is 10.5. The van der Waals surface area contributed by atoms with Gasteiger partial charge in [0, 0.05) is 7.11 Å². The largest absolute Gasteiger partial charge is 1.00 e. The molecule has 4 heteroatoms. The number of hydrogen-bond acceptors (Lipinski definition) is 3. The summed E-state index contributed by atoms with van der Waals surface area (Å²) in [5, 5.41) is 10.5. The van der Waals surface area contributed by atoms with E-state index in [4.69, 9.17) is 9.47 Å².